The van der Waals surface area contributed by atoms with Crippen molar-refractivity contribution in [3.8, 4) is 5.75 Å². The zero-order valence-corrected chi connectivity index (χ0v) is 24.4. The summed E-state index contributed by atoms with van der Waals surface area (Å²) < 4.78 is 20.5. The maximum Gasteiger partial charge on any atom is 0.524 e. The number of amides is 3. The fraction of sp³-hybridized carbons (Fsp3) is 0.577. The maximum atomic E-state index is 13.5. The van der Waals surface area contributed by atoms with Gasteiger partial charge >= 0.3 is 19.8 Å². The summed E-state index contributed by atoms with van der Waals surface area (Å²) in [5.74, 6) is -3.59. The molecule has 0 unspecified atom stereocenters. The molecule has 14 nitrogen and oxygen atoms in total. The number of rotatable bonds is 19. The van der Waals surface area contributed by atoms with Crippen molar-refractivity contribution in [2.75, 3.05) is 19.7 Å². The number of esters is 1. The fourth-order valence-electron chi connectivity index (χ4n) is 3.88. The monoisotopic (exact) mass is 601 g/mol. The second kappa shape index (κ2) is 18.1. The van der Waals surface area contributed by atoms with Gasteiger partial charge < -0.3 is 29.9 Å². The highest BCUT2D eigenvalue weighted by molar-refractivity contribution is 7.46. The molecule has 0 aliphatic rings. The van der Waals surface area contributed by atoms with Crippen molar-refractivity contribution < 1.29 is 52.7 Å². The van der Waals surface area contributed by atoms with Gasteiger partial charge in [0.25, 0.3) is 0 Å². The van der Waals surface area contributed by atoms with Crippen molar-refractivity contribution in [1.82, 2.24) is 15.5 Å². The Bertz CT molecular complexity index is 1070. The van der Waals surface area contributed by atoms with Gasteiger partial charge in [-0.25, -0.2) is 4.57 Å². The minimum Gasteiger partial charge on any atom is -0.481 e. The van der Waals surface area contributed by atoms with Crippen LogP contribution in [0.1, 0.15) is 64.9 Å². The number of hydrogen-bond donors (Lipinski definition) is 5. The van der Waals surface area contributed by atoms with Gasteiger partial charge in [0.1, 0.15) is 17.8 Å². The lowest BCUT2D eigenvalue weighted by molar-refractivity contribution is -0.144. The summed E-state index contributed by atoms with van der Waals surface area (Å²) in [5, 5.41) is 14.3. The Morgan fingerprint density at radius 2 is 1.61 bits per heavy atom. The number of phosphoric ester groups is 1. The second-order valence-electron chi connectivity index (χ2n) is 9.26. The van der Waals surface area contributed by atoms with Crippen molar-refractivity contribution in [2.24, 2.45) is 0 Å². The van der Waals surface area contributed by atoms with Gasteiger partial charge in [0.2, 0.25) is 17.7 Å². The first-order chi connectivity index (χ1) is 19.2. The van der Waals surface area contributed by atoms with Crippen LogP contribution >= 0.6 is 7.82 Å². The van der Waals surface area contributed by atoms with E-state index in [1.165, 1.54) is 36.1 Å². The number of carbonyl (C=O) groups excluding carboxylic acids is 4. The van der Waals surface area contributed by atoms with E-state index >= 15 is 0 Å². The zero-order chi connectivity index (χ0) is 31.0. The Morgan fingerprint density at radius 3 is 2.15 bits per heavy atom. The number of carboxylic acids is 1. The molecule has 15 heteroatoms. The molecule has 0 aliphatic heterocycles. The van der Waals surface area contributed by atoms with Gasteiger partial charge in [0.05, 0.1) is 13.0 Å². The Labute approximate surface area is 239 Å². The molecule has 0 aromatic heterocycles. The third-order valence-corrected chi connectivity index (χ3v) is 6.23. The summed E-state index contributed by atoms with van der Waals surface area (Å²) in [7, 11) is -4.76. The van der Waals surface area contributed by atoms with Crippen LogP contribution in [0, 0.1) is 0 Å². The summed E-state index contributed by atoms with van der Waals surface area (Å²) in [6.45, 7) is 5.36. The van der Waals surface area contributed by atoms with Crippen LogP contribution in [0.2, 0.25) is 0 Å². The third-order valence-electron chi connectivity index (χ3n) is 5.78. The lowest BCUT2D eigenvalue weighted by Crippen LogP contribution is -2.55. The van der Waals surface area contributed by atoms with E-state index in [2.05, 4.69) is 15.2 Å². The molecule has 1 rings (SSSR count). The maximum absolute atomic E-state index is 13.5. The average Bonchev–Trinajstić information content (AvgIpc) is 2.87. The molecule has 230 valence electrons. The number of benzene rings is 1. The smallest absolute Gasteiger partial charge is 0.481 e. The first kappa shape index (κ1) is 35.5. The number of nitrogens with one attached hydrogen (secondary N) is 2. The van der Waals surface area contributed by atoms with Crippen molar-refractivity contribution in [3.05, 3.63) is 29.8 Å². The predicted octanol–water partition coefficient (Wildman–Crippen LogP) is 1.53. The van der Waals surface area contributed by atoms with Crippen LogP contribution in [-0.2, 0) is 39.7 Å². The van der Waals surface area contributed by atoms with Crippen LogP contribution in [0.3, 0.4) is 0 Å². The predicted molar refractivity (Wildman–Crippen MR) is 147 cm³/mol. The Kier molecular flexibility index (Phi) is 15.7. The van der Waals surface area contributed by atoms with E-state index in [9.17, 15) is 33.6 Å². The normalized spacial score (nSPS) is 12.5. The lowest BCUT2D eigenvalue weighted by atomic mass is 10.0. The van der Waals surface area contributed by atoms with Crippen LogP contribution in [0.25, 0.3) is 0 Å². The number of unbranched alkanes of at least 4 members (excludes halogenated alkanes) is 2. The van der Waals surface area contributed by atoms with E-state index in [0.29, 0.717) is 18.5 Å². The number of aliphatic carboxylic acids is 1. The second-order valence-corrected chi connectivity index (χ2v) is 10.4. The highest BCUT2D eigenvalue weighted by Crippen LogP contribution is 2.37. The van der Waals surface area contributed by atoms with Crippen LogP contribution in [0.4, 0.5) is 0 Å². The summed E-state index contributed by atoms with van der Waals surface area (Å²) >= 11 is 0. The average molecular weight is 602 g/mol. The van der Waals surface area contributed by atoms with Gasteiger partial charge in [-0.05, 0) is 37.5 Å². The first-order valence-electron chi connectivity index (χ1n) is 13.3. The SMILES string of the molecule is CCCCCN(CCC(=O)OCC)C(=O)[C@H](CCC(=O)O)NC(=O)[C@H](Cc1ccc(OP(=O)(O)O)cc1)NC(C)=O. The number of phosphoric acid groups is 1. The molecule has 3 amide bonds. The van der Waals surface area contributed by atoms with Crippen molar-refractivity contribution >= 4 is 37.5 Å². The van der Waals surface area contributed by atoms with E-state index in [-0.39, 0.29) is 38.2 Å². The van der Waals surface area contributed by atoms with Gasteiger partial charge in [0, 0.05) is 32.9 Å². The highest BCUT2D eigenvalue weighted by atomic mass is 31.2. The molecule has 0 heterocycles. The van der Waals surface area contributed by atoms with Crippen LogP contribution in [-0.4, -0.2) is 81.2 Å². The van der Waals surface area contributed by atoms with Gasteiger partial charge in [-0.1, -0.05) is 31.9 Å². The quantitative estimate of drug-likeness (QED) is 0.0872. The molecule has 1 aromatic carbocycles. The number of nitrogens with zero attached hydrogens (tertiary/aromatic N) is 1. The highest BCUT2D eigenvalue weighted by Gasteiger charge is 2.30. The molecule has 0 spiro atoms. The van der Waals surface area contributed by atoms with Crippen LogP contribution in [0.15, 0.2) is 24.3 Å². The molecule has 0 saturated carbocycles. The van der Waals surface area contributed by atoms with Gasteiger partial charge in [-0.3, -0.25) is 33.8 Å². The molecule has 0 bridgehead atoms. The standard InChI is InChI=1S/C26H40N3O11P/c1-4-6-7-15-29(16-14-24(33)39-5-2)26(35)21(12-13-23(31)32)28-25(34)22(27-18(3)30)17-19-8-10-20(11-9-19)40-41(36,37)38/h8-11,21-22H,4-7,12-17H2,1-3H3,(H,27,30)(H,28,34)(H,31,32)(H2,36,37,38)/t21-,22-/m0/s1. The minimum absolute atomic E-state index is 0.0268. The molecular weight excluding hydrogens is 561 g/mol. The summed E-state index contributed by atoms with van der Waals surface area (Å²) in [6, 6.07) is 3.07. The molecule has 0 aliphatic carbocycles. The van der Waals surface area contributed by atoms with Crippen molar-refractivity contribution in [2.45, 2.75) is 77.8 Å². The summed E-state index contributed by atoms with van der Waals surface area (Å²) in [4.78, 5) is 81.2. The van der Waals surface area contributed by atoms with E-state index in [1.807, 2.05) is 6.92 Å². The molecule has 1 aromatic rings. The molecule has 0 fully saturated rings. The molecule has 0 saturated heterocycles. The molecule has 0 radical (unpaired) electrons. The van der Waals surface area contributed by atoms with Crippen LogP contribution < -0.4 is 15.2 Å². The lowest BCUT2D eigenvalue weighted by Gasteiger charge is -2.29. The van der Waals surface area contributed by atoms with Crippen molar-refractivity contribution in [1.29, 1.82) is 0 Å². The van der Waals surface area contributed by atoms with E-state index in [4.69, 9.17) is 14.5 Å². The van der Waals surface area contributed by atoms with Crippen LogP contribution in [0.5, 0.6) is 5.75 Å². The molecule has 5 N–H and O–H groups in total. The third kappa shape index (κ3) is 15.2. The molecule has 41 heavy (non-hydrogen) atoms. The minimum atomic E-state index is -4.76. The molecular formula is C26H40N3O11P. The van der Waals surface area contributed by atoms with E-state index < -0.39 is 56.0 Å². The first-order valence-corrected chi connectivity index (χ1v) is 14.9. The number of ether oxygens (including phenoxy) is 1. The van der Waals surface area contributed by atoms with E-state index in [1.54, 1.807) is 6.92 Å². The fourth-order valence-corrected chi connectivity index (χ4v) is 4.27. The largest absolute Gasteiger partial charge is 0.524 e. The van der Waals surface area contributed by atoms with Gasteiger partial charge in [-0.2, -0.15) is 0 Å². The number of carboxylic acid groups (broad SMARTS) is 1. The zero-order valence-electron chi connectivity index (χ0n) is 23.5. The van der Waals surface area contributed by atoms with E-state index in [0.717, 1.165) is 12.8 Å². The molecule has 2 atom stereocenters. The van der Waals surface area contributed by atoms with Gasteiger partial charge in [0.15, 0.2) is 0 Å². The Morgan fingerprint density at radius 1 is 0.951 bits per heavy atom. The number of carbonyl (C=O) groups is 5. The number of hydrogen-bond acceptors (Lipinski definition) is 8. The topological polar surface area (TPSA) is 209 Å². The Balaban J connectivity index is 3.14. The summed E-state index contributed by atoms with van der Waals surface area (Å²) in [6.07, 6.45) is 1.59. The Hall–Kier alpha value is -3.48. The van der Waals surface area contributed by atoms with Crippen molar-refractivity contribution in [3.63, 3.8) is 0 Å². The van der Waals surface area contributed by atoms with Gasteiger partial charge in [-0.15, -0.1) is 0 Å². The summed E-state index contributed by atoms with van der Waals surface area (Å²) in [5.41, 5.74) is 0.501.